The molecule has 4 saturated carbocycles. The lowest BCUT2D eigenvalue weighted by molar-refractivity contribution is -0.162. The number of nitrogens with one attached hydrogen (secondary N) is 1. The van der Waals surface area contributed by atoms with Crippen LogP contribution in [0.15, 0.2) is 0 Å². The Morgan fingerprint density at radius 1 is 0.870 bits per heavy atom. The number of rotatable bonds is 2. The lowest BCUT2D eigenvalue weighted by Gasteiger charge is -2.58. The molecular weight excluding hydrogens is 284 g/mol. The SMILES string of the molecule is CC1(C)CCCC(C)(C)N1NC(=O)C12CC3CC(CC(C3)C1)C2. The highest BCUT2D eigenvalue weighted by atomic mass is 16.2. The van der Waals surface area contributed by atoms with Crippen LogP contribution in [0, 0.1) is 23.2 Å². The van der Waals surface area contributed by atoms with Crippen molar-refractivity contribution in [1.82, 2.24) is 10.4 Å². The van der Waals surface area contributed by atoms with E-state index in [1.54, 1.807) is 0 Å². The summed E-state index contributed by atoms with van der Waals surface area (Å²) in [6.45, 7) is 9.14. The van der Waals surface area contributed by atoms with E-state index in [1.807, 2.05) is 0 Å². The number of carbonyl (C=O) groups is 1. The second kappa shape index (κ2) is 4.97. The average molecular weight is 319 g/mol. The van der Waals surface area contributed by atoms with Crippen molar-refractivity contribution in [2.24, 2.45) is 23.2 Å². The molecule has 1 aliphatic heterocycles. The van der Waals surface area contributed by atoms with E-state index >= 15 is 0 Å². The molecule has 0 atom stereocenters. The first-order valence-electron chi connectivity index (χ1n) is 9.82. The predicted octanol–water partition coefficient (Wildman–Crippen LogP) is 4.28. The molecule has 130 valence electrons. The van der Waals surface area contributed by atoms with Gasteiger partial charge in [0.15, 0.2) is 0 Å². The molecule has 5 aliphatic rings. The van der Waals surface area contributed by atoms with Gasteiger partial charge in [-0.3, -0.25) is 10.2 Å². The largest absolute Gasteiger partial charge is 0.287 e. The van der Waals surface area contributed by atoms with Crippen molar-refractivity contribution < 1.29 is 4.79 Å². The Bertz CT molecular complexity index is 456. The Morgan fingerprint density at radius 3 is 1.74 bits per heavy atom. The third kappa shape index (κ3) is 2.54. The Hall–Kier alpha value is -0.570. The van der Waals surface area contributed by atoms with Crippen LogP contribution in [-0.4, -0.2) is 22.0 Å². The molecule has 0 aromatic rings. The molecule has 0 unspecified atom stereocenters. The maximum atomic E-state index is 13.4. The van der Waals surface area contributed by atoms with Gasteiger partial charge in [-0.25, -0.2) is 5.01 Å². The van der Waals surface area contributed by atoms with Crippen molar-refractivity contribution in [2.45, 2.75) is 96.6 Å². The van der Waals surface area contributed by atoms with Crippen LogP contribution >= 0.6 is 0 Å². The highest BCUT2D eigenvalue weighted by molar-refractivity contribution is 5.83. The molecule has 0 aromatic carbocycles. The Labute approximate surface area is 141 Å². The van der Waals surface area contributed by atoms with E-state index in [4.69, 9.17) is 0 Å². The summed E-state index contributed by atoms with van der Waals surface area (Å²) in [4.78, 5) is 13.4. The van der Waals surface area contributed by atoms with Gasteiger partial charge in [0.25, 0.3) is 0 Å². The molecule has 0 radical (unpaired) electrons. The minimum absolute atomic E-state index is 0.0433. The van der Waals surface area contributed by atoms with Gasteiger partial charge in [-0.05, 0) is 103 Å². The van der Waals surface area contributed by atoms with Crippen molar-refractivity contribution in [3.8, 4) is 0 Å². The highest BCUT2D eigenvalue weighted by Gasteiger charge is 2.55. The number of carbonyl (C=O) groups excluding carboxylic acids is 1. The van der Waals surface area contributed by atoms with Crippen molar-refractivity contribution in [1.29, 1.82) is 0 Å². The molecule has 4 bridgehead atoms. The standard InChI is InChI=1S/C20H34N2O/c1-18(2)6-5-7-19(3,4)22(18)21-17(23)20-11-14-8-15(12-20)10-16(9-14)13-20/h14-16H,5-13H2,1-4H3,(H,21,23). The summed E-state index contributed by atoms with van der Waals surface area (Å²) >= 11 is 0. The fraction of sp³-hybridized carbons (Fsp3) is 0.950. The van der Waals surface area contributed by atoms with E-state index in [-0.39, 0.29) is 16.5 Å². The zero-order valence-electron chi connectivity index (χ0n) is 15.5. The molecule has 3 nitrogen and oxygen atoms in total. The molecule has 5 fully saturated rings. The van der Waals surface area contributed by atoms with Crippen molar-refractivity contribution in [3.63, 3.8) is 0 Å². The summed E-state index contributed by atoms with van der Waals surface area (Å²) in [5, 5.41) is 2.31. The first-order chi connectivity index (χ1) is 10.7. The quantitative estimate of drug-likeness (QED) is 0.824. The van der Waals surface area contributed by atoms with Crippen LogP contribution in [0.4, 0.5) is 0 Å². The van der Waals surface area contributed by atoms with Gasteiger partial charge >= 0.3 is 0 Å². The Kier molecular flexibility index (Phi) is 3.44. The minimum Gasteiger partial charge on any atom is -0.287 e. The van der Waals surface area contributed by atoms with E-state index in [0.29, 0.717) is 5.91 Å². The van der Waals surface area contributed by atoms with E-state index in [2.05, 4.69) is 38.1 Å². The van der Waals surface area contributed by atoms with E-state index in [1.165, 1.54) is 25.7 Å². The number of amides is 1. The lowest BCUT2D eigenvalue weighted by Crippen LogP contribution is -2.68. The van der Waals surface area contributed by atoms with E-state index in [9.17, 15) is 4.79 Å². The van der Waals surface area contributed by atoms with Gasteiger partial charge in [0.1, 0.15) is 0 Å². The summed E-state index contributed by atoms with van der Waals surface area (Å²) < 4.78 is 0. The van der Waals surface area contributed by atoms with Crippen LogP contribution in [-0.2, 0) is 4.79 Å². The molecule has 4 aliphatic carbocycles. The van der Waals surface area contributed by atoms with Gasteiger partial charge in [0, 0.05) is 11.1 Å². The molecule has 1 N–H and O–H groups in total. The van der Waals surface area contributed by atoms with Crippen LogP contribution < -0.4 is 5.43 Å². The summed E-state index contributed by atoms with van der Waals surface area (Å²) in [7, 11) is 0. The number of nitrogens with zero attached hydrogens (tertiary/aromatic N) is 1. The molecule has 5 rings (SSSR count). The van der Waals surface area contributed by atoms with Crippen LogP contribution in [0.1, 0.15) is 85.5 Å². The van der Waals surface area contributed by atoms with Crippen molar-refractivity contribution in [2.75, 3.05) is 0 Å². The lowest BCUT2D eigenvalue weighted by atomic mass is 9.49. The zero-order valence-corrected chi connectivity index (χ0v) is 15.5. The summed E-state index contributed by atoms with van der Waals surface area (Å²) in [5.74, 6) is 2.83. The second-order valence-electron chi connectivity index (χ2n) is 10.5. The topological polar surface area (TPSA) is 32.3 Å². The molecule has 1 amide bonds. The molecule has 3 heteroatoms. The van der Waals surface area contributed by atoms with Crippen LogP contribution in [0.3, 0.4) is 0 Å². The van der Waals surface area contributed by atoms with Crippen molar-refractivity contribution >= 4 is 5.91 Å². The van der Waals surface area contributed by atoms with E-state index in [0.717, 1.165) is 49.9 Å². The monoisotopic (exact) mass is 318 g/mol. The third-order valence-electron chi connectivity index (χ3n) is 7.52. The van der Waals surface area contributed by atoms with Gasteiger partial charge in [-0.1, -0.05) is 0 Å². The maximum absolute atomic E-state index is 13.4. The Morgan fingerprint density at radius 2 is 1.30 bits per heavy atom. The molecule has 1 saturated heterocycles. The first-order valence-corrected chi connectivity index (χ1v) is 9.82. The number of hydrogen-bond acceptors (Lipinski definition) is 2. The Balaban J connectivity index is 1.55. The second-order valence-corrected chi connectivity index (χ2v) is 10.5. The maximum Gasteiger partial charge on any atom is 0.240 e. The average Bonchev–Trinajstić information content (AvgIpc) is 2.40. The fourth-order valence-corrected chi connectivity index (χ4v) is 6.91. The summed E-state index contributed by atoms with van der Waals surface area (Å²) in [5.41, 5.74) is 3.52. The molecule has 23 heavy (non-hydrogen) atoms. The highest BCUT2D eigenvalue weighted by Crippen LogP contribution is 2.60. The number of piperidine rings is 1. The number of hydrazine groups is 1. The molecule has 1 heterocycles. The zero-order chi connectivity index (χ0) is 16.5. The molecular formula is C20H34N2O. The normalized spacial score (nSPS) is 44.3. The first kappa shape index (κ1) is 15.9. The van der Waals surface area contributed by atoms with Gasteiger partial charge in [0.05, 0.1) is 5.41 Å². The molecule has 0 spiro atoms. The summed E-state index contributed by atoms with van der Waals surface area (Å²) in [6.07, 6.45) is 11.2. The van der Waals surface area contributed by atoms with Gasteiger partial charge in [-0.15, -0.1) is 0 Å². The smallest absolute Gasteiger partial charge is 0.240 e. The van der Waals surface area contributed by atoms with Gasteiger partial charge in [-0.2, -0.15) is 0 Å². The fourth-order valence-electron chi connectivity index (χ4n) is 6.91. The minimum atomic E-state index is -0.0433. The summed E-state index contributed by atoms with van der Waals surface area (Å²) in [6, 6.07) is 0. The predicted molar refractivity (Wildman–Crippen MR) is 92.6 cm³/mol. The van der Waals surface area contributed by atoms with E-state index < -0.39 is 0 Å². The van der Waals surface area contributed by atoms with Crippen LogP contribution in [0.2, 0.25) is 0 Å². The van der Waals surface area contributed by atoms with Crippen LogP contribution in [0.25, 0.3) is 0 Å². The van der Waals surface area contributed by atoms with Crippen LogP contribution in [0.5, 0.6) is 0 Å². The van der Waals surface area contributed by atoms with Gasteiger partial charge in [0.2, 0.25) is 5.91 Å². The third-order valence-corrected chi connectivity index (χ3v) is 7.52. The van der Waals surface area contributed by atoms with Crippen molar-refractivity contribution in [3.05, 3.63) is 0 Å². The molecule has 0 aromatic heterocycles. The van der Waals surface area contributed by atoms with Gasteiger partial charge < -0.3 is 0 Å². The number of hydrogen-bond donors (Lipinski definition) is 1.